The molecule has 2 rings (SSSR count). The standard InChI is InChI=1S/C9H15NO/c11-8-4-3-7(6-8)9-2-1-5-10-9/h7,9-10H,1-6H2. The highest BCUT2D eigenvalue weighted by molar-refractivity contribution is 5.80. The van der Waals surface area contributed by atoms with Crippen LogP contribution in [-0.2, 0) is 4.79 Å². The molecule has 2 aliphatic rings. The maximum absolute atomic E-state index is 11.0. The first-order valence-electron chi connectivity index (χ1n) is 4.61. The Balaban J connectivity index is 1.90. The minimum absolute atomic E-state index is 0.476. The number of ketones is 1. The van der Waals surface area contributed by atoms with Crippen LogP contribution in [0.1, 0.15) is 32.1 Å². The van der Waals surface area contributed by atoms with E-state index in [0.717, 1.165) is 25.8 Å². The van der Waals surface area contributed by atoms with Crippen LogP contribution < -0.4 is 5.32 Å². The first-order chi connectivity index (χ1) is 5.36. The van der Waals surface area contributed by atoms with E-state index in [2.05, 4.69) is 5.32 Å². The fourth-order valence-electron chi connectivity index (χ4n) is 2.30. The largest absolute Gasteiger partial charge is 0.314 e. The molecule has 0 spiro atoms. The van der Waals surface area contributed by atoms with Crippen LogP contribution in [0, 0.1) is 5.92 Å². The number of nitrogens with one attached hydrogen (secondary N) is 1. The summed E-state index contributed by atoms with van der Waals surface area (Å²) >= 11 is 0. The van der Waals surface area contributed by atoms with Crippen LogP contribution in [0.5, 0.6) is 0 Å². The predicted octanol–water partition coefficient (Wildman–Crippen LogP) is 1.11. The molecule has 0 aromatic heterocycles. The summed E-state index contributed by atoms with van der Waals surface area (Å²) in [6.45, 7) is 1.16. The molecule has 0 amide bonds. The van der Waals surface area contributed by atoms with E-state index in [1.54, 1.807) is 0 Å². The van der Waals surface area contributed by atoms with Crippen molar-refractivity contribution in [1.29, 1.82) is 0 Å². The lowest BCUT2D eigenvalue weighted by atomic mass is 9.97. The summed E-state index contributed by atoms with van der Waals surface area (Å²) < 4.78 is 0. The number of carbonyl (C=O) groups is 1. The molecule has 0 aromatic carbocycles. The van der Waals surface area contributed by atoms with Gasteiger partial charge in [-0.3, -0.25) is 4.79 Å². The molecule has 1 aliphatic carbocycles. The second kappa shape index (κ2) is 2.94. The summed E-state index contributed by atoms with van der Waals surface area (Å²) in [4.78, 5) is 11.0. The van der Waals surface area contributed by atoms with E-state index >= 15 is 0 Å². The molecule has 62 valence electrons. The lowest BCUT2D eigenvalue weighted by Crippen LogP contribution is -2.28. The van der Waals surface area contributed by atoms with Gasteiger partial charge < -0.3 is 5.32 Å². The molecule has 1 N–H and O–H groups in total. The Kier molecular flexibility index (Phi) is 1.95. The van der Waals surface area contributed by atoms with E-state index in [9.17, 15) is 4.79 Å². The van der Waals surface area contributed by atoms with Crippen molar-refractivity contribution in [3.05, 3.63) is 0 Å². The van der Waals surface area contributed by atoms with Crippen molar-refractivity contribution in [3.63, 3.8) is 0 Å². The number of Topliss-reactive ketones (excluding diaryl/α,β-unsaturated/α-hetero) is 1. The molecule has 1 saturated heterocycles. The smallest absolute Gasteiger partial charge is 0.133 e. The Morgan fingerprint density at radius 3 is 2.82 bits per heavy atom. The average Bonchev–Trinajstić information content (AvgIpc) is 2.55. The molecule has 0 aromatic rings. The molecule has 2 heteroatoms. The van der Waals surface area contributed by atoms with Crippen molar-refractivity contribution >= 4 is 5.78 Å². The molecule has 1 saturated carbocycles. The van der Waals surface area contributed by atoms with Gasteiger partial charge in [0.25, 0.3) is 0 Å². The number of hydrogen-bond acceptors (Lipinski definition) is 2. The zero-order valence-corrected chi connectivity index (χ0v) is 6.81. The summed E-state index contributed by atoms with van der Waals surface area (Å²) in [7, 11) is 0. The van der Waals surface area contributed by atoms with E-state index in [1.165, 1.54) is 12.8 Å². The van der Waals surface area contributed by atoms with Gasteiger partial charge in [-0.15, -0.1) is 0 Å². The number of carbonyl (C=O) groups excluding carboxylic acids is 1. The van der Waals surface area contributed by atoms with Gasteiger partial charge in [-0.1, -0.05) is 0 Å². The lowest BCUT2D eigenvalue weighted by Gasteiger charge is -2.16. The Bertz CT molecular complexity index is 161. The lowest BCUT2D eigenvalue weighted by molar-refractivity contribution is -0.117. The van der Waals surface area contributed by atoms with Gasteiger partial charge in [0, 0.05) is 18.9 Å². The third-order valence-electron chi connectivity index (χ3n) is 2.95. The zero-order chi connectivity index (χ0) is 7.68. The molecule has 2 unspecified atom stereocenters. The molecule has 2 fully saturated rings. The van der Waals surface area contributed by atoms with E-state index in [-0.39, 0.29) is 0 Å². The first kappa shape index (κ1) is 7.29. The Morgan fingerprint density at radius 1 is 1.36 bits per heavy atom. The summed E-state index contributed by atoms with van der Waals surface area (Å²) in [5, 5.41) is 3.47. The van der Waals surface area contributed by atoms with Crippen molar-refractivity contribution in [1.82, 2.24) is 5.32 Å². The quantitative estimate of drug-likeness (QED) is 0.611. The topological polar surface area (TPSA) is 29.1 Å². The van der Waals surface area contributed by atoms with Crippen molar-refractivity contribution in [2.45, 2.75) is 38.1 Å². The maximum Gasteiger partial charge on any atom is 0.133 e. The number of rotatable bonds is 1. The Morgan fingerprint density at radius 2 is 2.27 bits per heavy atom. The zero-order valence-electron chi connectivity index (χ0n) is 6.81. The molecule has 1 heterocycles. The van der Waals surface area contributed by atoms with Crippen LogP contribution in [-0.4, -0.2) is 18.4 Å². The van der Waals surface area contributed by atoms with Gasteiger partial charge in [0.05, 0.1) is 0 Å². The maximum atomic E-state index is 11.0. The molecular weight excluding hydrogens is 138 g/mol. The highest BCUT2D eigenvalue weighted by atomic mass is 16.1. The van der Waals surface area contributed by atoms with E-state index in [0.29, 0.717) is 17.7 Å². The number of hydrogen-bond donors (Lipinski definition) is 1. The third kappa shape index (κ3) is 1.45. The molecule has 0 bridgehead atoms. The molecule has 2 nitrogen and oxygen atoms in total. The van der Waals surface area contributed by atoms with Gasteiger partial charge in [-0.05, 0) is 31.7 Å². The molecule has 0 radical (unpaired) electrons. The van der Waals surface area contributed by atoms with Crippen molar-refractivity contribution in [3.8, 4) is 0 Å². The second-order valence-corrected chi connectivity index (χ2v) is 3.74. The molecule has 11 heavy (non-hydrogen) atoms. The van der Waals surface area contributed by atoms with Crippen molar-refractivity contribution in [2.24, 2.45) is 5.92 Å². The molecular formula is C9H15NO. The van der Waals surface area contributed by atoms with Gasteiger partial charge in [0.2, 0.25) is 0 Å². The van der Waals surface area contributed by atoms with Crippen LogP contribution in [0.3, 0.4) is 0 Å². The Hall–Kier alpha value is -0.370. The Labute approximate surface area is 67.4 Å². The highest BCUT2D eigenvalue weighted by Gasteiger charge is 2.30. The highest BCUT2D eigenvalue weighted by Crippen LogP contribution is 2.28. The molecule has 2 atom stereocenters. The minimum atomic E-state index is 0.476. The SMILES string of the molecule is O=C1CCC(C2CCCN2)C1. The molecule has 1 aliphatic heterocycles. The fourth-order valence-corrected chi connectivity index (χ4v) is 2.30. The van der Waals surface area contributed by atoms with E-state index in [1.807, 2.05) is 0 Å². The van der Waals surface area contributed by atoms with Crippen LogP contribution in [0.2, 0.25) is 0 Å². The summed E-state index contributed by atoms with van der Waals surface area (Å²) in [5.74, 6) is 1.15. The van der Waals surface area contributed by atoms with Gasteiger partial charge in [-0.2, -0.15) is 0 Å². The summed E-state index contributed by atoms with van der Waals surface area (Å²) in [6, 6.07) is 0.668. The fraction of sp³-hybridized carbons (Fsp3) is 0.889. The van der Waals surface area contributed by atoms with E-state index in [4.69, 9.17) is 0 Å². The van der Waals surface area contributed by atoms with Gasteiger partial charge in [-0.25, -0.2) is 0 Å². The third-order valence-corrected chi connectivity index (χ3v) is 2.95. The first-order valence-corrected chi connectivity index (χ1v) is 4.61. The van der Waals surface area contributed by atoms with Crippen molar-refractivity contribution in [2.75, 3.05) is 6.54 Å². The predicted molar refractivity (Wildman–Crippen MR) is 43.4 cm³/mol. The van der Waals surface area contributed by atoms with E-state index < -0.39 is 0 Å². The van der Waals surface area contributed by atoms with Crippen LogP contribution >= 0.6 is 0 Å². The summed E-state index contributed by atoms with van der Waals surface area (Å²) in [6.07, 6.45) is 5.41. The normalized spacial score (nSPS) is 38.4. The summed E-state index contributed by atoms with van der Waals surface area (Å²) in [5.41, 5.74) is 0. The van der Waals surface area contributed by atoms with Crippen LogP contribution in [0.25, 0.3) is 0 Å². The average molecular weight is 153 g/mol. The minimum Gasteiger partial charge on any atom is -0.314 e. The second-order valence-electron chi connectivity index (χ2n) is 3.74. The monoisotopic (exact) mass is 153 g/mol. The van der Waals surface area contributed by atoms with Gasteiger partial charge in [0.15, 0.2) is 0 Å². The van der Waals surface area contributed by atoms with Gasteiger partial charge in [0.1, 0.15) is 5.78 Å². The van der Waals surface area contributed by atoms with Crippen LogP contribution in [0.4, 0.5) is 0 Å². The van der Waals surface area contributed by atoms with Crippen LogP contribution in [0.15, 0.2) is 0 Å². The van der Waals surface area contributed by atoms with Gasteiger partial charge >= 0.3 is 0 Å². The van der Waals surface area contributed by atoms with Crippen molar-refractivity contribution < 1.29 is 4.79 Å².